The summed E-state index contributed by atoms with van der Waals surface area (Å²) in [5.41, 5.74) is 2.30. The highest BCUT2D eigenvalue weighted by Gasteiger charge is 2.31. The number of nitrogens with zero attached hydrogens (tertiary/aromatic N) is 4. The molecule has 0 radical (unpaired) electrons. The quantitative estimate of drug-likeness (QED) is 0.592. The molecule has 0 aromatic heterocycles. The van der Waals surface area contributed by atoms with E-state index in [-0.39, 0.29) is 18.1 Å². The summed E-state index contributed by atoms with van der Waals surface area (Å²) in [5.74, 6) is -0.407. The highest BCUT2D eigenvalue weighted by atomic mass is 19.4. The third-order valence-electron chi connectivity index (χ3n) is 6.11. The number of benzene rings is 2. The van der Waals surface area contributed by atoms with Crippen molar-refractivity contribution in [2.45, 2.75) is 19.5 Å². The molecule has 9 heteroatoms. The molecular weight excluding hydrogens is 448 g/mol. The van der Waals surface area contributed by atoms with Gasteiger partial charge in [0.05, 0.1) is 24.2 Å². The average molecular weight is 475 g/mol. The third kappa shape index (κ3) is 5.83. The van der Waals surface area contributed by atoms with Gasteiger partial charge in [-0.2, -0.15) is 18.3 Å². The topological polar surface area (TPSA) is 39.1 Å². The smallest absolute Gasteiger partial charge is 0.369 e. The van der Waals surface area contributed by atoms with E-state index in [0.717, 1.165) is 22.9 Å². The van der Waals surface area contributed by atoms with Gasteiger partial charge < -0.3 is 4.90 Å². The van der Waals surface area contributed by atoms with Gasteiger partial charge in [-0.25, -0.2) is 9.40 Å². The molecule has 0 N–H and O–H groups in total. The molecule has 1 fully saturated rings. The Morgan fingerprint density at radius 3 is 2.38 bits per heavy atom. The van der Waals surface area contributed by atoms with E-state index in [2.05, 4.69) is 10.0 Å². The van der Waals surface area contributed by atoms with Crippen LogP contribution in [0.4, 0.5) is 23.2 Å². The van der Waals surface area contributed by atoms with Crippen molar-refractivity contribution < 1.29 is 22.4 Å². The van der Waals surface area contributed by atoms with Crippen molar-refractivity contribution >= 4 is 23.4 Å². The fourth-order valence-corrected chi connectivity index (χ4v) is 4.12. The third-order valence-corrected chi connectivity index (χ3v) is 6.11. The minimum atomic E-state index is -4.36. The van der Waals surface area contributed by atoms with E-state index in [1.807, 2.05) is 17.9 Å². The van der Waals surface area contributed by atoms with Gasteiger partial charge in [-0.1, -0.05) is 18.2 Å². The van der Waals surface area contributed by atoms with Crippen LogP contribution in [-0.4, -0.2) is 60.8 Å². The molecule has 0 unspecified atom stereocenters. The fraction of sp³-hybridized carbons (Fsp3) is 0.360. The van der Waals surface area contributed by atoms with Gasteiger partial charge in [0.1, 0.15) is 5.82 Å². The first kappa shape index (κ1) is 23.9. The summed E-state index contributed by atoms with van der Waals surface area (Å²) in [6.45, 7) is 5.54. The van der Waals surface area contributed by atoms with Crippen LogP contribution in [0.3, 0.4) is 0 Å². The number of amides is 1. The summed E-state index contributed by atoms with van der Waals surface area (Å²) in [7, 11) is 0. The minimum Gasteiger partial charge on any atom is -0.369 e. The molecular formula is C25H26F4N4O. The largest absolute Gasteiger partial charge is 0.416 e. The zero-order chi connectivity index (χ0) is 24.3. The highest BCUT2D eigenvalue weighted by molar-refractivity contribution is 6.08. The summed E-state index contributed by atoms with van der Waals surface area (Å²) in [4.78, 5) is 16.8. The number of hydrogen-bond acceptors (Lipinski definition) is 4. The first-order valence-corrected chi connectivity index (χ1v) is 11.2. The van der Waals surface area contributed by atoms with Crippen molar-refractivity contribution in [3.8, 4) is 0 Å². The lowest BCUT2D eigenvalue weighted by atomic mass is 10.0. The standard InChI is InChI=1S/C25H26F4N4O/c1-18-20(15-19-5-7-22(26)8-6-19)16-24(34)33(30-18)14-11-31-9-12-32(13-10-31)23-4-2-3-21(17-23)25(27,28)29/h2-8,15,17H,9-14,16H2,1H3/b20-15+. The summed E-state index contributed by atoms with van der Waals surface area (Å²) in [5, 5.41) is 5.94. The predicted octanol–water partition coefficient (Wildman–Crippen LogP) is 4.66. The zero-order valence-electron chi connectivity index (χ0n) is 18.9. The van der Waals surface area contributed by atoms with Crippen LogP contribution in [0.25, 0.3) is 6.08 Å². The highest BCUT2D eigenvalue weighted by Crippen LogP contribution is 2.32. The molecule has 0 saturated carbocycles. The number of hydrazone groups is 1. The van der Waals surface area contributed by atoms with Gasteiger partial charge in [-0.15, -0.1) is 0 Å². The number of carbonyl (C=O) groups excluding carboxylic acids is 1. The van der Waals surface area contributed by atoms with Gasteiger partial charge in [0, 0.05) is 38.4 Å². The second kappa shape index (κ2) is 9.97. The molecule has 1 amide bonds. The Kier molecular flexibility index (Phi) is 7.02. The molecule has 0 bridgehead atoms. The van der Waals surface area contributed by atoms with Crippen LogP contribution >= 0.6 is 0 Å². The normalized spacial score (nSPS) is 19.0. The van der Waals surface area contributed by atoms with Crippen LogP contribution in [0.5, 0.6) is 0 Å². The van der Waals surface area contributed by atoms with Gasteiger partial charge >= 0.3 is 6.18 Å². The van der Waals surface area contributed by atoms with Crippen molar-refractivity contribution in [1.82, 2.24) is 9.91 Å². The second-order valence-corrected chi connectivity index (χ2v) is 8.48. The number of alkyl halides is 3. The molecule has 5 nitrogen and oxygen atoms in total. The Hall–Kier alpha value is -3.20. The van der Waals surface area contributed by atoms with Gasteiger partial charge in [0.25, 0.3) is 0 Å². The molecule has 1 saturated heterocycles. The Bertz CT molecular complexity index is 1090. The lowest BCUT2D eigenvalue weighted by Crippen LogP contribution is -2.49. The number of anilines is 1. The molecule has 0 atom stereocenters. The maximum absolute atomic E-state index is 13.1. The number of hydrogen-bond donors (Lipinski definition) is 0. The van der Waals surface area contributed by atoms with Crippen molar-refractivity contribution in [2.75, 3.05) is 44.2 Å². The van der Waals surface area contributed by atoms with Crippen LogP contribution < -0.4 is 4.90 Å². The molecule has 2 aromatic carbocycles. The average Bonchev–Trinajstić information content (AvgIpc) is 2.81. The maximum atomic E-state index is 13.1. The molecule has 34 heavy (non-hydrogen) atoms. The van der Waals surface area contributed by atoms with Gasteiger partial charge in [0.2, 0.25) is 5.91 Å². The SMILES string of the molecule is CC1=NN(CCN2CCN(c3cccc(C(F)(F)F)c3)CC2)C(=O)C/C1=C\c1ccc(F)cc1. The van der Waals surface area contributed by atoms with Crippen molar-refractivity contribution in [3.63, 3.8) is 0 Å². The first-order valence-electron chi connectivity index (χ1n) is 11.2. The number of rotatable bonds is 5. The van der Waals surface area contributed by atoms with Crippen molar-refractivity contribution in [3.05, 3.63) is 71.0 Å². The molecule has 0 spiro atoms. The Morgan fingerprint density at radius 1 is 1.00 bits per heavy atom. The van der Waals surface area contributed by atoms with E-state index < -0.39 is 11.7 Å². The van der Waals surface area contributed by atoms with Crippen molar-refractivity contribution in [1.29, 1.82) is 0 Å². The molecule has 4 rings (SSSR count). The predicted molar refractivity (Wildman–Crippen MR) is 124 cm³/mol. The molecule has 180 valence electrons. The second-order valence-electron chi connectivity index (χ2n) is 8.48. The molecule has 2 aromatic rings. The van der Waals surface area contributed by atoms with E-state index in [1.165, 1.54) is 29.3 Å². The number of piperazine rings is 1. The molecule has 2 aliphatic heterocycles. The fourth-order valence-electron chi connectivity index (χ4n) is 4.12. The summed E-state index contributed by atoms with van der Waals surface area (Å²) < 4.78 is 52.1. The number of carbonyl (C=O) groups is 1. The van der Waals surface area contributed by atoms with E-state index in [9.17, 15) is 22.4 Å². The maximum Gasteiger partial charge on any atom is 0.416 e. The molecule has 2 heterocycles. The summed E-state index contributed by atoms with van der Waals surface area (Å²) in [6, 6.07) is 11.5. The van der Waals surface area contributed by atoms with Gasteiger partial charge in [0.15, 0.2) is 0 Å². The van der Waals surface area contributed by atoms with E-state index in [0.29, 0.717) is 45.0 Å². The van der Waals surface area contributed by atoms with E-state index >= 15 is 0 Å². The summed E-state index contributed by atoms with van der Waals surface area (Å²) in [6.07, 6.45) is -2.28. The molecule has 2 aliphatic rings. The first-order chi connectivity index (χ1) is 16.2. The van der Waals surface area contributed by atoms with Crippen LogP contribution in [0.1, 0.15) is 24.5 Å². The lowest BCUT2D eigenvalue weighted by molar-refractivity contribution is -0.137. The zero-order valence-corrected chi connectivity index (χ0v) is 18.9. The van der Waals surface area contributed by atoms with Crippen LogP contribution in [0, 0.1) is 5.82 Å². The van der Waals surface area contributed by atoms with E-state index in [1.54, 1.807) is 18.2 Å². The van der Waals surface area contributed by atoms with Crippen LogP contribution in [-0.2, 0) is 11.0 Å². The Labute approximate surface area is 196 Å². The van der Waals surface area contributed by atoms with Crippen LogP contribution in [0.2, 0.25) is 0 Å². The monoisotopic (exact) mass is 474 g/mol. The van der Waals surface area contributed by atoms with Gasteiger partial charge in [-0.3, -0.25) is 9.69 Å². The van der Waals surface area contributed by atoms with Crippen LogP contribution in [0.15, 0.2) is 59.2 Å². The van der Waals surface area contributed by atoms with Crippen molar-refractivity contribution in [2.24, 2.45) is 5.10 Å². The summed E-state index contributed by atoms with van der Waals surface area (Å²) >= 11 is 0. The Balaban J connectivity index is 1.31. The minimum absolute atomic E-state index is 0.0958. The Morgan fingerprint density at radius 2 is 1.71 bits per heavy atom. The molecule has 0 aliphatic carbocycles. The van der Waals surface area contributed by atoms with E-state index in [4.69, 9.17) is 0 Å². The lowest BCUT2D eigenvalue weighted by Gasteiger charge is -2.37. The van der Waals surface area contributed by atoms with Gasteiger partial charge in [-0.05, 0) is 54.5 Å². The number of halogens is 4.